The molecule has 7 heteroatoms. The number of carboxylic acids is 1. The van der Waals surface area contributed by atoms with Crippen molar-refractivity contribution in [2.45, 2.75) is 45.6 Å². The Morgan fingerprint density at radius 1 is 1.03 bits per heavy atom. The zero-order valence-corrected chi connectivity index (χ0v) is 19.4. The van der Waals surface area contributed by atoms with Gasteiger partial charge in [0.15, 0.2) is 0 Å². The minimum atomic E-state index is -0.967. The Hall–Kier alpha value is -3.35. The molecule has 2 N–H and O–H groups in total. The molecule has 2 amide bonds. The second-order valence-electron chi connectivity index (χ2n) is 8.39. The first kappa shape index (κ1) is 24.3. The summed E-state index contributed by atoms with van der Waals surface area (Å²) in [5, 5.41) is 11.7. The Morgan fingerprint density at radius 2 is 1.61 bits per heavy atom. The van der Waals surface area contributed by atoms with Gasteiger partial charge >= 0.3 is 12.1 Å². The second-order valence-corrected chi connectivity index (χ2v) is 8.39. The summed E-state index contributed by atoms with van der Waals surface area (Å²) in [6.45, 7) is 6.25. The lowest BCUT2D eigenvalue weighted by Crippen LogP contribution is -2.52. The molecule has 0 radical (unpaired) electrons. The topological polar surface area (TPSA) is 95.9 Å². The molecule has 2 aromatic rings. The summed E-state index contributed by atoms with van der Waals surface area (Å²) in [5.74, 6) is -1.45. The fraction of sp³-hybridized carbons (Fsp3) is 0.423. The molecule has 0 saturated carbocycles. The highest BCUT2D eigenvalue weighted by Gasteiger charge is 2.32. The van der Waals surface area contributed by atoms with Gasteiger partial charge in [-0.25, -0.2) is 4.79 Å². The minimum Gasteiger partial charge on any atom is -0.481 e. The normalized spacial score (nSPS) is 14.0. The van der Waals surface area contributed by atoms with E-state index in [1.165, 1.54) is 4.90 Å². The van der Waals surface area contributed by atoms with E-state index in [4.69, 9.17) is 9.84 Å². The Labute approximate surface area is 194 Å². The molecular weight excluding hydrogens is 420 g/mol. The van der Waals surface area contributed by atoms with Gasteiger partial charge in [-0.15, -0.1) is 0 Å². The number of carboxylic acid groups (broad SMARTS) is 1. The van der Waals surface area contributed by atoms with Crippen molar-refractivity contribution in [1.82, 2.24) is 10.2 Å². The number of likely N-dealkylation sites (N-methyl/N-ethyl adjacent to an activating group) is 1. The standard InChI is InChI=1S/C26H32N2O5/c1-4-17(3)24(25(31)28(5-2)15-14-23(29)30)27-26(32)33-16-22-20-12-8-6-10-18(20)19-11-7-9-13-21(19)22/h6-13,17,22,24H,4-5,14-16H2,1-3H3,(H,27,32)(H,29,30)/t17?,24-/m0/s1. The van der Waals surface area contributed by atoms with E-state index in [2.05, 4.69) is 17.4 Å². The summed E-state index contributed by atoms with van der Waals surface area (Å²) in [6, 6.07) is 15.4. The van der Waals surface area contributed by atoms with Gasteiger partial charge in [0.25, 0.3) is 0 Å². The Morgan fingerprint density at radius 3 is 2.12 bits per heavy atom. The van der Waals surface area contributed by atoms with Gasteiger partial charge in [-0.1, -0.05) is 68.8 Å². The van der Waals surface area contributed by atoms with Crippen LogP contribution in [0.1, 0.15) is 50.7 Å². The van der Waals surface area contributed by atoms with Crippen molar-refractivity contribution in [3.8, 4) is 11.1 Å². The lowest BCUT2D eigenvalue weighted by Gasteiger charge is -2.29. The van der Waals surface area contributed by atoms with Crippen molar-refractivity contribution in [3.63, 3.8) is 0 Å². The van der Waals surface area contributed by atoms with Gasteiger partial charge in [0.2, 0.25) is 5.91 Å². The molecule has 7 nitrogen and oxygen atoms in total. The highest BCUT2D eigenvalue weighted by Crippen LogP contribution is 2.44. The SMILES string of the molecule is CCC(C)[C@H](NC(=O)OCC1c2ccccc2-c2ccccc21)C(=O)N(CC)CCC(=O)O. The molecule has 3 rings (SSSR count). The molecule has 0 aromatic heterocycles. The second kappa shape index (κ2) is 11.0. The van der Waals surface area contributed by atoms with E-state index in [1.54, 1.807) is 6.92 Å². The molecule has 1 unspecified atom stereocenters. The Balaban J connectivity index is 1.69. The van der Waals surface area contributed by atoms with E-state index >= 15 is 0 Å². The number of benzene rings is 2. The van der Waals surface area contributed by atoms with Gasteiger partial charge in [-0.3, -0.25) is 9.59 Å². The molecule has 0 aliphatic heterocycles. The van der Waals surface area contributed by atoms with E-state index in [0.29, 0.717) is 13.0 Å². The van der Waals surface area contributed by atoms with Crippen LogP contribution >= 0.6 is 0 Å². The number of rotatable bonds is 10. The van der Waals surface area contributed by atoms with Crippen LogP contribution in [0.5, 0.6) is 0 Å². The van der Waals surface area contributed by atoms with Gasteiger partial charge in [-0.2, -0.15) is 0 Å². The zero-order valence-electron chi connectivity index (χ0n) is 19.4. The van der Waals surface area contributed by atoms with Crippen LogP contribution < -0.4 is 5.32 Å². The number of hydrogen-bond acceptors (Lipinski definition) is 4. The predicted octanol–water partition coefficient (Wildman–Crippen LogP) is 4.26. The van der Waals surface area contributed by atoms with Gasteiger partial charge in [0.05, 0.1) is 6.42 Å². The van der Waals surface area contributed by atoms with Crippen molar-refractivity contribution >= 4 is 18.0 Å². The lowest BCUT2D eigenvalue weighted by molar-refractivity contribution is -0.139. The third-order valence-corrected chi connectivity index (χ3v) is 6.39. The van der Waals surface area contributed by atoms with Crippen LogP contribution in [-0.4, -0.2) is 53.7 Å². The Bertz CT molecular complexity index is 960. The van der Waals surface area contributed by atoms with Crippen molar-refractivity contribution in [3.05, 3.63) is 59.7 Å². The Kier molecular flexibility index (Phi) is 8.09. The molecule has 1 aliphatic rings. The van der Waals surface area contributed by atoms with E-state index in [9.17, 15) is 14.4 Å². The molecule has 1 aliphatic carbocycles. The summed E-state index contributed by atoms with van der Waals surface area (Å²) < 4.78 is 5.61. The number of aliphatic carboxylic acids is 1. The number of amides is 2. The highest BCUT2D eigenvalue weighted by molar-refractivity contribution is 5.86. The molecule has 2 aromatic carbocycles. The molecule has 0 bridgehead atoms. The van der Waals surface area contributed by atoms with Gasteiger partial charge in [0.1, 0.15) is 12.6 Å². The number of carbonyl (C=O) groups is 3. The number of hydrogen-bond donors (Lipinski definition) is 2. The maximum Gasteiger partial charge on any atom is 0.407 e. The number of carbonyl (C=O) groups excluding carboxylic acids is 2. The molecule has 0 saturated heterocycles. The number of ether oxygens (including phenoxy) is 1. The largest absolute Gasteiger partial charge is 0.481 e. The van der Waals surface area contributed by atoms with Crippen LogP contribution in [0.2, 0.25) is 0 Å². The molecule has 33 heavy (non-hydrogen) atoms. The minimum absolute atomic E-state index is 0.0661. The third kappa shape index (κ3) is 5.53. The fourth-order valence-corrected chi connectivity index (χ4v) is 4.30. The lowest BCUT2D eigenvalue weighted by atomic mass is 9.97. The van der Waals surface area contributed by atoms with Crippen LogP contribution in [-0.2, 0) is 14.3 Å². The number of alkyl carbamates (subject to hydrolysis) is 1. The summed E-state index contributed by atoms with van der Waals surface area (Å²) in [6.07, 6.45) is -0.112. The molecule has 176 valence electrons. The zero-order chi connectivity index (χ0) is 24.0. The van der Waals surface area contributed by atoms with Gasteiger partial charge in [-0.05, 0) is 35.1 Å². The average Bonchev–Trinajstić information content (AvgIpc) is 3.14. The number of nitrogens with zero attached hydrogens (tertiary/aromatic N) is 1. The van der Waals surface area contributed by atoms with Crippen LogP contribution in [0.3, 0.4) is 0 Å². The maximum atomic E-state index is 13.1. The van der Waals surface area contributed by atoms with E-state index in [1.807, 2.05) is 50.2 Å². The van der Waals surface area contributed by atoms with E-state index in [-0.39, 0.29) is 37.3 Å². The smallest absolute Gasteiger partial charge is 0.407 e. The first-order valence-corrected chi connectivity index (χ1v) is 11.5. The molecular formula is C26H32N2O5. The molecule has 0 spiro atoms. The molecule has 0 heterocycles. The summed E-state index contributed by atoms with van der Waals surface area (Å²) >= 11 is 0. The third-order valence-electron chi connectivity index (χ3n) is 6.39. The number of nitrogens with one attached hydrogen (secondary N) is 1. The first-order valence-electron chi connectivity index (χ1n) is 11.5. The first-order chi connectivity index (χ1) is 15.9. The monoisotopic (exact) mass is 452 g/mol. The highest BCUT2D eigenvalue weighted by atomic mass is 16.5. The predicted molar refractivity (Wildman–Crippen MR) is 126 cm³/mol. The van der Waals surface area contributed by atoms with E-state index < -0.39 is 18.1 Å². The van der Waals surface area contributed by atoms with Crippen molar-refractivity contribution in [1.29, 1.82) is 0 Å². The van der Waals surface area contributed by atoms with Gasteiger partial charge < -0.3 is 20.1 Å². The van der Waals surface area contributed by atoms with Crippen LogP contribution in [0.4, 0.5) is 4.79 Å². The van der Waals surface area contributed by atoms with Crippen molar-refractivity contribution < 1.29 is 24.2 Å². The average molecular weight is 453 g/mol. The van der Waals surface area contributed by atoms with Crippen molar-refractivity contribution in [2.75, 3.05) is 19.7 Å². The van der Waals surface area contributed by atoms with Gasteiger partial charge in [0, 0.05) is 19.0 Å². The summed E-state index contributed by atoms with van der Waals surface area (Å²) in [4.78, 5) is 38.2. The molecule has 0 fully saturated rings. The van der Waals surface area contributed by atoms with Crippen LogP contribution in [0, 0.1) is 5.92 Å². The summed E-state index contributed by atoms with van der Waals surface area (Å²) in [7, 11) is 0. The fourth-order valence-electron chi connectivity index (χ4n) is 4.30. The molecule has 2 atom stereocenters. The summed E-state index contributed by atoms with van der Waals surface area (Å²) in [5.41, 5.74) is 4.53. The van der Waals surface area contributed by atoms with Crippen LogP contribution in [0.15, 0.2) is 48.5 Å². The van der Waals surface area contributed by atoms with Crippen LogP contribution in [0.25, 0.3) is 11.1 Å². The van der Waals surface area contributed by atoms with E-state index in [0.717, 1.165) is 22.3 Å². The maximum absolute atomic E-state index is 13.1. The quantitative estimate of drug-likeness (QED) is 0.561. The van der Waals surface area contributed by atoms with Crippen molar-refractivity contribution in [2.24, 2.45) is 5.92 Å². The number of fused-ring (bicyclic) bond motifs is 3.